The summed E-state index contributed by atoms with van der Waals surface area (Å²) in [5.74, 6) is -0.234. The van der Waals surface area contributed by atoms with Gasteiger partial charge in [0.2, 0.25) is 0 Å². The molecule has 1 aromatic heterocycles. The van der Waals surface area contributed by atoms with Crippen molar-refractivity contribution < 1.29 is 20.9 Å². The maximum absolute atomic E-state index is 11.9. The number of rotatable bonds is 8. The SMILES string of the molecule is Fc1c[c-]ccc1.[CH2-]c1ccc2ncccc2c1.[Ni+3].c1ccc([PH+](CCC[PH+](c2ccccc2)c2ccccc2)c2ccccc2)cc1. The van der Waals surface area contributed by atoms with Crippen molar-refractivity contribution in [2.75, 3.05) is 12.3 Å². The van der Waals surface area contributed by atoms with Crippen molar-refractivity contribution in [1.82, 2.24) is 4.98 Å². The molecule has 7 aromatic rings. The molecule has 0 atom stereocenters. The van der Waals surface area contributed by atoms with Crippen molar-refractivity contribution in [2.45, 2.75) is 6.42 Å². The summed E-state index contributed by atoms with van der Waals surface area (Å²) >= 11 is 0. The number of hydrogen-bond donors (Lipinski definition) is 0. The average Bonchev–Trinajstić information content (AvgIpc) is 3.14. The minimum Gasteiger partial charge on any atom is -0.284 e. The van der Waals surface area contributed by atoms with E-state index in [1.807, 2.05) is 30.3 Å². The van der Waals surface area contributed by atoms with E-state index in [1.54, 1.807) is 18.3 Å². The summed E-state index contributed by atoms with van der Waals surface area (Å²) in [6.07, 6.45) is 5.64. The number of nitrogens with zero attached hydrogens (tertiary/aromatic N) is 1. The monoisotopic (exact) mass is 709 g/mol. The molecular weight excluding hydrogens is 670 g/mol. The standard InChI is InChI=1S/C27H26P2.C10H8N.C6H4F.Ni/c1-5-14-24(15-6-1)28(25-16-7-2-8-17-25)22-13-23-29(26-18-9-3-10-19-26)27-20-11-4-12-21-27;1-8-4-5-10-9(7-8)3-2-6-11-10;7-6-4-2-1-3-5-6;/h1-12,14-21H,13,22-23H2;2-7H,1H2;1-2,4-5H;/q;2*-1;+3/p+2. The molecule has 0 saturated heterocycles. The predicted octanol–water partition coefficient (Wildman–Crippen LogP) is 9.15. The van der Waals surface area contributed by atoms with Crippen molar-refractivity contribution in [1.29, 1.82) is 0 Å². The van der Waals surface area contributed by atoms with Gasteiger partial charge in [0.15, 0.2) is 0 Å². The van der Waals surface area contributed by atoms with Crippen molar-refractivity contribution in [2.24, 2.45) is 0 Å². The zero-order chi connectivity index (χ0) is 32.5. The van der Waals surface area contributed by atoms with E-state index in [1.165, 1.54) is 52.1 Å². The molecule has 0 amide bonds. The van der Waals surface area contributed by atoms with Crippen molar-refractivity contribution in [3.8, 4) is 0 Å². The van der Waals surface area contributed by atoms with Crippen LogP contribution in [0.5, 0.6) is 0 Å². The zero-order valence-corrected chi connectivity index (χ0v) is 29.8. The maximum atomic E-state index is 11.9. The van der Waals surface area contributed by atoms with Gasteiger partial charge in [-0.1, -0.05) is 90.3 Å². The fourth-order valence-electron chi connectivity index (χ4n) is 5.41. The minimum absolute atomic E-state index is 0. The Morgan fingerprint density at radius 1 is 0.562 bits per heavy atom. The number of fused-ring (bicyclic) bond motifs is 1. The first-order chi connectivity index (χ1) is 23.2. The van der Waals surface area contributed by atoms with Crippen LogP contribution >= 0.6 is 15.8 Å². The largest absolute Gasteiger partial charge is 3.00 e. The molecule has 7 rings (SSSR count). The summed E-state index contributed by atoms with van der Waals surface area (Å²) in [5.41, 5.74) is 2.06. The quantitative estimate of drug-likeness (QED) is 0.0872. The first kappa shape index (κ1) is 36.7. The molecule has 241 valence electrons. The molecule has 0 saturated carbocycles. The summed E-state index contributed by atoms with van der Waals surface area (Å²) < 4.78 is 11.9. The number of aromatic nitrogens is 1. The molecule has 0 N–H and O–H groups in total. The van der Waals surface area contributed by atoms with Crippen LogP contribution in [0.25, 0.3) is 10.9 Å². The molecule has 0 aliphatic rings. The zero-order valence-electron chi connectivity index (χ0n) is 26.8. The van der Waals surface area contributed by atoms with Crippen LogP contribution in [0, 0.1) is 18.8 Å². The molecule has 5 heteroatoms. The number of benzene rings is 6. The average molecular weight is 710 g/mol. The van der Waals surface area contributed by atoms with Gasteiger partial charge in [-0.05, 0) is 54.6 Å². The van der Waals surface area contributed by atoms with E-state index in [-0.39, 0.29) is 22.3 Å². The topological polar surface area (TPSA) is 12.9 Å². The van der Waals surface area contributed by atoms with Crippen LogP contribution in [0.4, 0.5) is 4.39 Å². The molecule has 0 unspecified atom stereocenters. The van der Waals surface area contributed by atoms with Gasteiger partial charge in [-0.25, -0.2) is 0 Å². The molecule has 1 nitrogen and oxygen atoms in total. The molecule has 0 aliphatic carbocycles. The second kappa shape index (κ2) is 20.3. The third kappa shape index (κ3) is 11.5. The van der Waals surface area contributed by atoms with Crippen LogP contribution in [0.1, 0.15) is 12.0 Å². The molecule has 0 spiro atoms. The first-order valence-corrected chi connectivity index (χ1v) is 19.3. The Labute approximate surface area is 297 Å². The molecule has 6 aromatic carbocycles. The molecule has 0 bridgehead atoms. The summed E-state index contributed by atoms with van der Waals surface area (Å²) in [4.78, 5) is 4.19. The molecule has 48 heavy (non-hydrogen) atoms. The Morgan fingerprint density at radius 2 is 1.04 bits per heavy atom. The van der Waals surface area contributed by atoms with E-state index in [0.29, 0.717) is 0 Å². The van der Waals surface area contributed by atoms with E-state index >= 15 is 0 Å². The Bertz CT molecular complexity index is 1710. The summed E-state index contributed by atoms with van der Waals surface area (Å²) in [7, 11) is -1.48. The Morgan fingerprint density at radius 3 is 1.44 bits per heavy atom. The van der Waals surface area contributed by atoms with Gasteiger partial charge in [0.25, 0.3) is 0 Å². The molecule has 1 radical (unpaired) electrons. The minimum atomic E-state index is -0.742. The van der Waals surface area contributed by atoms with Gasteiger partial charge < -0.3 is 0 Å². The Kier molecular flexibility index (Phi) is 15.5. The van der Waals surface area contributed by atoms with Crippen LogP contribution in [0.2, 0.25) is 0 Å². The fraction of sp³-hybridized carbons (Fsp3) is 0.0698. The van der Waals surface area contributed by atoms with Crippen LogP contribution in [0.3, 0.4) is 0 Å². The number of hydrogen-bond acceptors (Lipinski definition) is 1. The van der Waals surface area contributed by atoms with Gasteiger partial charge >= 0.3 is 16.5 Å². The molecule has 0 fully saturated rings. The first-order valence-electron chi connectivity index (χ1n) is 15.9. The Balaban J connectivity index is 0.000000222. The van der Waals surface area contributed by atoms with Crippen LogP contribution in [-0.4, -0.2) is 17.3 Å². The number of halogens is 1. The second-order valence-corrected chi connectivity index (χ2v) is 16.3. The maximum Gasteiger partial charge on any atom is 3.00 e. The van der Waals surface area contributed by atoms with E-state index in [4.69, 9.17) is 0 Å². The predicted molar refractivity (Wildman–Crippen MR) is 207 cm³/mol. The van der Waals surface area contributed by atoms with Gasteiger partial charge in [-0.15, -0.1) is 12.1 Å². The summed E-state index contributed by atoms with van der Waals surface area (Å²) in [5, 5.41) is 7.25. The third-order valence-electron chi connectivity index (χ3n) is 7.68. The second-order valence-electron chi connectivity index (χ2n) is 11.0. The number of pyridine rings is 1. The van der Waals surface area contributed by atoms with Gasteiger partial charge in [0, 0.05) is 24.0 Å². The van der Waals surface area contributed by atoms with Gasteiger partial charge in [0.1, 0.15) is 0 Å². The van der Waals surface area contributed by atoms with Crippen LogP contribution in [-0.2, 0) is 16.5 Å². The molecule has 0 aliphatic heterocycles. The van der Waals surface area contributed by atoms with Crippen LogP contribution < -0.4 is 21.2 Å². The molecular formula is C43H40FNNiP2+3. The van der Waals surface area contributed by atoms with Crippen molar-refractivity contribution in [3.05, 3.63) is 206 Å². The van der Waals surface area contributed by atoms with Gasteiger partial charge in [0.05, 0.1) is 49.4 Å². The van der Waals surface area contributed by atoms with E-state index in [9.17, 15) is 4.39 Å². The molecule has 1 heterocycles. The smallest absolute Gasteiger partial charge is 0.284 e. The summed E-state index contributed by atoms with van der Waals surface area (Å²) in [6.45, 7) is 3.84. The summed E-state index contributed by atoms with van der Waals surface area (Å²) in [6, 6.07) is 63.0. The van der Waals surface area contributed by atoms with Crippen molar-refractivity contribution in [3.63, 3.8) is 0 Å². The van der Waals surface area contributed by atoms with E-state index < -0.39 is 15.8 Å². The van der Waals surface area contributed by atoms with Gasteiger partial charge in [-0.3, -0.25) is 9.37 Å². The fourth-order valence-corrected chi connectivity index (χ4v) is 11.0. The third-order valence-corrected chi connectivity index (χ3v) is 13.5. The van der Waals surface area contributed by atoms with E-state index in [2.05, 4.69) is 139 Å². The van der Waals surface area contributed by atoms with E-state index in [0.717, 1.165) is 16.5 Å². The normalized spacial score (nSPS) is 10.3. The van der Waals surface area contributed by atoms with Crippen molar-refractivity contribution >= 4 is 48.0 Å². The Hall–Kier alpha value is -4.12. The van der Waals surface area contributed by atoms with Crippen LogP contribution in [0.15, 0.2) is 182 Å². The van der Waals surface area contributed by atoms with Gasteiger partial charge in [-0.2, -0.15) is 42.8 Å².